The van der Waals surface area contributed by atoms with E-state index in [2.05, 4.69) is 10.6 Å². The SMILES string of the molecule is CCN(CC)S(=O)(=O)c1ccc(C(=O)NCC(=O)OCC(=O)NCc2ccc(OC)cc2)cc1. The molecule has 34 heavy (non-hydrogen) atoms. The lowest BCUT2D eigenvalue weighted by Gasteiger charge is -2.18. The van der Waals surface area contributed by atoms with E-state index >= 15 is 0 Å². The number of benzene rings is 2. The van der Waals surface area contributed by atoms with E-state index in [1.807, 2.05) is 0 Å². The second kappa shape index (κ2) is 12.7. The summed E-state index contributed by atoms with van der Waals surface area (Å²) in [6.45, 7) is 3.49. The number of rotatable bonds is 12. The quantitative estimate of drug-likeness (QED) is 0.428. The topological polar surface area (TPSA) is 131 Å². The van der Waals surface area contributed by atoms with Crippen LogP contribution in [0.1, 0.15) is 29.8 Å². The van der Waals surface area contributed by atoms with Crippen LogP contribution in [0.2, 0.25) is 0 Å². The molecule has 2 rings (SSSR count). The first-order valence-electron chi connectivity index (χ1n) is 10.6. The Morgan fingerprint density at radius 1 is 0.912 bits per heavy atom. The molecule has 0 aromatic heterocycles. The summed E-state index contributed by atoms with van der Waals surface area (Å²) in [7, 11) is -2.07. The summed E-state index contributed by atoms with van der Waals surface area (Å²) in [5.41, 5.74) is 1.03. The van der Waals surface area contributed by atoms with Gasteiger partial charge in [-0.3, -0.25) is 14.4 Å². The number of sulfonamides is 1. The van der Waals surface area contributed by atoms with Crippen LogP contribution in [0.4, 0.5) is 0 Å². The highest BCUT2D eigenvalue weighted by Crippen LogP contribution is 2.16. The summed E-state index contributed by atoms with van der Waals surface area (Å²) >= 11 is 0. The lowest BCUT2D eigenvalue weighted by Crippen LogP contribution is -2.34. The van der Waals surface area contributed by atoms with Crippen LogP contribution >= 0.6 is 0 Å². The zero-order valence-corrected chi connectivity index (χ0v) is 20.2. The molecule has 0 bridgehead atoms. The largest absolute Gasteiger partial charge is 0.497 e. The van der Waals surface area contributed by atoms with Crippen LogP contribution in [0.5, 0.6) is 5.75 Å². The number of hydrogen-bond acceptors (Lipinski definition) is 7. The van der Waals surface area contributed by atoms with Gasteiger partial charge in [0.15, 0.2) is 6.61 Å². The molecule has 0 fully saturated rings. The lowest BCUT2D eigenvalue weighted by atomic mass is 10.2. The zero-order chi connectivity index (χ0) is 25.1. The molecule has 0 aliphatic rings. The maximum absolute atomic E-state index is 12.5. The first kappa shape index (κ1) is 26.8. The Balaban J connectivity index is 1.76. The van der Waals surface area contributed by atoms with Crippen molar-refractivity contribution in [3.05, 3.63) is 59.7 Å². The molecule has 2 aromatic carbocycles. The van der Waals surface area contributed by atoms with Crippen LogP contribution in [0, 0.1) is 0 Å². The minimum Gasteiger partial charge on any atom is -0.497 e. The molecule has 0 saturated carbocycles. The number of carbonyl (C=O) groups excluding carboxylic acids is 3. The Hall–Kier alpha value is -3.44. The minimum atomic E-state index is -3.63. The fraction of sp³-hybridized carbons (Fsp3) is 0.348. The third-order valence-electron chi connectivity index (χ3n) is 4.87. The van der Waals surface area contributed by atoms with E-state index in [0.717, 1.165) is 5.56 Å². The van der Waals surface area contributed by atoms with Crippen LogP contribution in [0.25, 0.3) is 0 Å². The average Bonchev–Trinajstić information content (AvgIpc) is 2.85. The summed E-state index contributed by atoms with van der Waals surface area (Å²) < 4.78 is 36.2. The molecule has 0 saturated heterocycles. The van der Waals surface area contributed by atoms with Crippen molar-refractivity contribution >= 4 is 27.8 Å². The number of amides is 2. The van der Waals surface area contributed by atoms with Crippen molar-refractivity contribution in [2.75, 3.05) is 33.4 Å². The highest BCUT2D eigenvalue weighted by Gasteiger charge is 2.21. The summed E-state index contributed by atoms with van der Waals surface area (Å²) in [5.74, 6) is -1.14. The number of hydrogen-bond donors (Lipinski definition) is 2. The van der Waals surface area contributed by atoms with E-state index in [1.165, 1.54) is 28.6 Å². The fourth-order valence-corrected chi connectivity index (χ4v) is 4.40. The van der Waals surface area contributed by atoms with Gasteiger partial charge in [-0.25, -0.2) is 8.42 Å². The van der Waals surface area contributed by atoms with E-state index in [-0.39, 0.29) is 17.0 Å². The summed E-state index contributed by atoms with van der Waals surface area (Å²) in [6.07, 6.45) is 0. The molecule has 10 nitrogen and oxygen atoms in total. The van der Waals surface area contributed by atoms with Gasteiger partial charge in [-0.15, -0.1) is 0 Å². The number of nitrogens with zero attached hydrogens (tertiary/aromatic N) is 1. The van der Waals surface area contributed by atoms with Gasteiger partial charge in [-0.2, -0.15) is 4.31 Å². The summed E-state index contributed by atoms with van der Waals surface area (Å²) in [6, 6.07) is 12.5. The monoisotopic (exact) mass is 491 g/mol. The van der Waals surface area contributed by atoms with Crippen molar-refractivity contribution in [2.24, 2.45) is 0 Å². The van der Waals surface area contributed by atoms with Crippen LogP contribution in [0.3, 0.4) is 0 Å². The van der Waals surface area contributed by atoms with Gasteiger partial charge in [-0.05, 0) is 42.0 Å². The maximum Gasteiger partial charge on any atom is 0.325 e. The number of esters is 1. The molecular weight excluding hydrogens is 462 g/mol. The van der Waals surface area contributed by atoms with Crippen molar-refractivity contribution in [2.45, 2.75) is 25.3 Å². The minimum absolute atomic E-state index is 0.0767. The molecule has 0 heterocycles. The van der Waals surface area contributed by atoms with Gasteiger partial charge in [0.1, 0.15) is 12.3 Å². The van der Waals surface area contributed by atoms with E-state index in [4.69, 9.17) is 9.47 Å². The molecule has 0 spiro atoms. The van der Waals surface area contributed by atoms with Crippen molar-refractivity contribution in [3.8, 4) is 5.75 Å². The number of nitrogens with one attached hydrogen (secondary N) is 2. The van der Waals surface area contributed by atoms with E-state index < -0.39 is 41.0 Å². The number of methoxy groups -OCH3 is 1. The predicted molar refractivity (Wildman–Crippen MR) is 125 cm³/mol. The van der Waals surface area contributed by atoms with Gasteiger partial charge in [-0.1, -0.05) is 26.0 Å². The molecule has 2 N–H and O–H groups in total. The molecular formula is C23H29N3O7S. The standard InChI is InChI=1S/C23H29N3O7S/c1-4-26(5-2)34(30,31)20-12-8-18(9-13-20)23(29)25-15-22(28)33-16-21(27)24-14-17-6-10-19(32-3)11-7-17/h6-13H,4-5,14-16H2,1-3H3,(H,24,27)(H,25,29). The van der Waals surface area contributed by atoms with Crippen LogP contribution < -0.4 is 15.4 Å². The van der Waals surface area contributed by atoms with Crippen LogP contribution in [-0.4, -0.2) is 63.9 Å². The number of carbonyl (C=O) groups is 3. The third kappa shape index (κ3) is 7.56. The molecule has 2 aromatic rings. The third-order valence-corrected chi connectivity index (χ3v) is 6.93. The van der Waals surface area contributed by atoms with Gasteiger partial charge in [0.25, 0.3) is 11.8 Å². The average molecular weight is 492 g/mol. The molecule has 184 valence electrons. The molecule has 2 amide bonds. The summed E-state index contributed by atoms with van der Waals surface area (Å²) in [5, 5.41) is 5.00. The Labute approximate surface area is 199 Å². The van der Waals surface area contributed by atoms with Gasteiger partial charge >= 0.3 is 5.97 Å². The van der Waals surface area contributed by atoms with Gasteiger partial charge in [0.2, 0.25) is 10.0 Å². The van der Waals surface area contributed by atoms with Crippen molar-refractivity contribution in [3.63, 3.8) is 0 Å². The van der Waals surface area contributed by atoms with Gasteiger partial charge < -0.3 is 20.1 Å². The van der Waals surface area contributed by atoms with E-state index in [0.29, 0.717) is 18.8 Å². The number of ether oxygens (including phenoxy) is 2. The summed E-state index contributed by atoms with van der Waals surface area (Å²) in [4.78, 5) is 36.0. The van der Waals surface area contributed by atoms with Crippen molar-refractivity contribution in [1.82, 2.24) is 14.9 Å². The molecule has 0 unspecified atom stereocenters. The lowest BCUT2D eigenvalue weighted by molar-refractivity contribution is -0.147. The first-order valence-corrected chi connectivity index (χ1v) is 12.1. The fourth-order valence-electron chi connectivity index (χ4n) is 2.94. The zero-order valence-electron chi connectivity index (χ0n) is 19.4. The van der Waals surface area contributed by atoms with Crippen LogP contribution in [0.15, 0.2) is 53.4 Å². The highest BCUT2D eigenvalue weighted by molar-refractivity contribution is 7.89. The van der Waals surface area contributed by atoms with Gasteiger partial charge in [0.05, 0.1) is 12.0 Å². The Morgan fingerprint density at radius 2 is 1.53 bits per heavy atom. The van der Waals surface area contributed by atoms with E-state index in [1.54, 1.807) is 45.2 Å². The van der Waals surface area contributed by atoms with E-state index in [9.17, 15) is 22.8 Å². The second-order valence-electron chi connectivity index (χ2n) is 7.08. The highest BCUT2D eigenvalue weighted by atomic mass is 32.2. The second-order valence-corrected chi connectivity index (χ2v) is 9.02. The molecule has 11 heteroatoms. The Bertz CT molecular complexity index is 1080. The predicted octanol–water partition coefficient (Wildman–Crippen LogP) is 1.32. The maximum atomic E-state index is 12.5. The Morgan fingerprint density at radius 3 is 2.09 bits per heavy atom. The van der Waals surface area contributed by atoms with Crippen molar-refractivity contribution < 1.29 is 32.3 Å². The first-order chi connectivity index (χ1) is 16.2. The van der Waals surface area contributed by atoms with Crippen LogP contribution in [-0.2, 0) is 30.9 Å². The normalized spacial score (nSPS) is 11.1. The van der Waals surface area contributed by atoms with Gasteiger partial charge in [0, 0.05) is 25.2 Å². The molecule has 0 atom stereocenters. The smallest absolute Gasteiger partial charge is 0.325 e. The molecule has 0 aliphatic carbocycles. The molecule has 0 aliphatic heterocycles. The molecule has 0 radical (unpaired) electrons. The van der Waals surface area contributed by atoms with Crippen molar-refractivity contribution in [1.29, 1.82) is 0 Å². The Kier molecular flexibility index (Phi) is 10.0.